The maximum Gasteiger partial charge on any atom is 0.0951 e. The number of nitrogens with zero attached hydrogens (tertiary/aromatic N) is 1. The van der Waals surface area contributed by atoms with Gasteiger partial charge in [-0.1, -0.05) is 17.7 Å². The van der Waals surface area contributed by atoms with Gasteiger partial charge in [0.05, 0.1) is 17.3 Å². The number of aromatic nitrogens is 1. The van der Waals surface area contributed by atoms with E-state index in [1.165, 1.54) is 11.3 Å². The largest absolute Gasteiger partial charge is 0.385 e. The van der Waals surface area contributed by atoms with E-state index in [4.69, 9.17) is 4.74 Å². The van der Waals surface area contributed by atoms with Crippen molar-refractivity contribution in [3.63, 3.8) is 0 Å². The Hall–Kier alpha value is -1.39. The minimum absolute atomic E-state index is 0.745. The third kappa shape index (κ3) is 4.65. The van der Waals surface area contributed by atoms with Crippen molar-refractivity contribution in [2.45, 2.75) is 19.8 Å². The van der Waals surface area contributed by atoms with Gasteiger partial charge in [-0.25, -0.2) is 4.98 Å². The third-order valence-corrected chi connectivity index (χ3v) is 3.84. The molecule has 3 nitrogen and oxygen atoms in total. The van der Waals surface area contributed by atoms with Crippen LogP contribution in [0.25, 0.3) is 0 Å². The standard InChI is InChI=1S/C15H20N2OS/c1-12-3-5-13(6-4-12)16-9-7-14-11-19-15(17-14)8-10-18-2/h3-6,11,16H,7-10H2,1-2H3. The number of rotatable bonds is 7. The SMILES string of the molecule is COCCc1nc(CCNc2ccc(C)cc2)cs1. The summed E-state index contributed by atoms with van der Waals surface area (Å²) in [6.45, 7) is 3.76. The topological polar surface area (TPSA) is 34.1 Å². The zero-order valence-electron chi connectivity index (χ0n) is 11.5. The van der Waals surface area contributed by atoms with E-state index in [-0.39, 0.29) is 0 Å². The van der Waals surface area contributed by atoms with Gasteiger partial charge >= 0.3 is 0 Å². The molecule has 0 aliphatic heterocycles. The van der Waals surface area contributed by atoms with Crippen LogP contribution in [0.15, 0.2) is 29.6 Å². The first kappa shape index (κ1) is 14.0. The van der Waals surface area contributed by atoms with Crippen molar-refractivity contribution in [3.8, 4) is 0 Å². The van der Waals surface area contributed by atoms with Gasteiger partial charge in [-0.2, -0.15) is 0 Å². The molecule has 1 heterocycles. The Morgan fingerprint density at radius 2 is 2.00 bits per heavy atom. The van der Waals surface area contributed by atoms with Gasteiger partial charge in [-0.3, -0.25) is 0 Å². The molecule has 0 fully saturated rings. The molecule has 0 aliphatic carbocycles. The Kier molecular flexibility index (Phi) is 5.36. The first-order chi connectivity index (χ1) is 9.28. The highest BCUT2D eigenvalue weighted by molar-refractivity contribution is 7.09. The van der Waals surface area contributed by atoms with E-state index in [0.717, 1.165) is 36.7 Å². The monoisotopic (exact) mass is 276 g/mol. The van der Waals surface area contributed by atoms with Gasteiger partial charge < -0.3 is 10.1 Å². The molecule has 0 atom stereocenters. The molecule has 2 rings (SSSR count). The van der Waals surface area contributed by atoms with E-state index in [9.17, 15) is 0 Å². The van der Waals surface area contributed by atoms with E-state index in [1.54, 1.807) is 18.4 Å². The van der Waals surface area contributed by atoms with Crippen molar-refractivity contribution >= 4 is 17.0 Å². The number of methoxy groups -OCH3 is 1. The van der Waals surface area contributed by atoms with E-state index >= 15 is 0 Å². The molecule has 4 heteroatoms. The predicted octanol–water partition coefficient (Wildman–Crippen LogP) is 3.30. The maximum atomic E-state index is 5.06. The first-order valence-electron chi connectivity index (χ1n) is 6.50. The summed E-state index contributed by atoms with van der Waals surface area (Å²) in [6, 6.07) is 8.46. The second kappa shape index (κ2) is 7.26. The number of ether oxygens (including phenoxy) is 1. The summed E-state index contributed by atoms with van der Waals surface area (Å²) in [5.74, 6) is 0. The summed E-state index contributed by atoms with van der Waals surface area (Å²) in [5, 5.41) is 6.71. The molecule has 0 saturated heterocycles. The molecule has 0 bridgehead atoms. The van der Waals surface area contributed by atoms with Crippen LogP contribution in [0.4, 0.5) is 5.69 Å². The second-order valence-corrected chi connectivity index (χ2v) is 5.46. The highest BCUT2D eigenvalue weighted by Gasteiger charge is 2.01. The fourth-order valence-corrected chi connectivity index (χ4v) is 2.59. The Morgan fingerprint density at radius 3 is 2.74 bits per heavy atom. The Morgan fingerprint density at radius 1 is 1.21 bits per heavy atom. The van der Waals surface area contributed by atoms with Gasteiger partial charge in [0.25, 0.3) is 0 Å². The van der Waals surface area contributed by atoms with Crippen LogP contribution in [0.3, 0.4) is 0 Å². The molecular formula is C15H20N2OS. The molecule has 1 aromatic carbocycles. The highest BCUT2D eigenvalue weighted by Crippen LogP contribution is 2.12. The predicted molar refractivity (Wildman–Crippen MR) is 81.1 cm³/mol. The smallest absolute Gasteiger partial charge is 0.0951 e. The Labute approximate surface area is 118 Å². The average Bonchev–Trinajstić information content (AvgIpc) is 2.87. The summed E-state index contributed by atoms with van der Waals surface area (Å²) in [7, 11) is 1.72. The highest BCUT2D eigenvalue weighted by atomic mass is 32.1. The van der Waals surface area contributed by atoms with E-state index in [1.807, 2.05) is 0 Å². The van der Waals surface area contributed by atoms with Crippen LogP contribution in [0, 0.1) is 6.92 Å². The van der Waals surface area contributed by atoms with Gasteiger partial charge in [-0.15, -0.1) is 11.3 Å². The van der Waals surface area contributed by atoms with Gasteiger partial charge in [0.15, 0.2) is 0 Å². The molecule has 0 amide bonds. The number of hydrogen-bond donors (Lipinski definition) is 1. The molecule has 2 aromatic rings. The van der Waals surface area contributed by atoms with E-state index in [2.05, 4.69) is 46.9 Å². The van der Waals surface area contributed by atoms with Gasteiger partial charge in [-0.05, 0) is 19.1 Å². The molecule has 1 aromatic heterocycles. The van der Waals surface area contributed by atoms with Crippen LogP contribution in [0.1, 0.15) is 16.3 Å². The molecule has 0 unspecified atom stereocenters. The lowest BCUT2D eigenvalue weighted by molar-refractivity contribution is 0.202. The number of aryl methyl sites for hydroxylation is 1. The van der Waals surface area contributed by atoms with Crippen molar-refractivity contribution in [2.24, 2.45) is 0 Å². The summed E-state index contributed by atoms with van der Waals surface area (Å²) < 4.78 is 5.06. The molecule has 0 radical (unpaired) electrons. The van der Waals surface area contributed by atoms with Gasteiger partial charge in [0, 0.05) is 37.6 Å². The van der Waals surface area contributed by atoms with Crippen LogP contribution in [0.5, 0.6) is 0 Å². The normalized spacial score (nSPS) is 10.6. The Bertz CT molecular complexity index is 493. The number of thiazole rings is 1. The lowest BCUT2D eigenvalue weighted by Gasteiger charge is -2.05. The third-order valence-electron chi connectivity index (χ3n) is 2.88. The molecule has 0 spiro atoms. The van der Waals surface area contributed by atoms with Crippen LogP contribution in [-0.4, -0.2) is 25.2 Å². The quantitative estimate of drug-likeness (QED) is 0.842. The number of benzene rings is 1. The van der Waals surface area contributed by atoms with Crippen molar-refractivity contribution in [2.75, 3.05) is 25.6 Å². The molecule has 0 saturated carbocycles. The van der Waals surface area contributed by atoms with E-state index in [0.29, 0.717) is 0 Å². The summed E-state index contributed by atoms with van der Waals surface area (Å²) in [4.78, 5) is 4.59. The van der Waals surface area contributed by atoms with Crippen molar-refractivity contribution < 1.29 is 4.74 Å². The number of anilines is 1. The minimum atomic E-state index is 0.745. The molecular weight excluding hydrogens is 256 g/mol. The maximum absolute atomic E-state index is 5.06. The summed E-state index contributed by atoms with van der Waals surface area (Å²) >= 11 is 1.72. The van der Waals surface area contributed by atoms with Crippen LogP contribution >= 0.6 is 11.3 Å². The molecule has 0 aliphatic rings. The minimum Gasteiger partial charge on any atom is -0.385 e. The molecule has 1 N–H and O–H groups in total. The Balaban J connectivity index is 1.76. The van der Waals surface area contributed by atoms with Crippen molar-refractivity contribution in [3.05, 3.63) is 45.9 Å². The fraction of sp³-hybridized carbons (Fsp3) is 0.400. The molecule has 19 heavy (non-hydrogen) atoms. The molecule has 102 valence electrons. The van der Waals surface area contributed by atoms with Crippen LogP contribution in [-0.2, 0) is 17.6 Å². The lowest BCUT2D eigenvalue weighted by Crippen LogP contribution is -2.05. The van der Waals surface area contributed by atoms with Crippen molar-refractivity contribution in [1.29, 1.82) is 0 Å². The van der Waals surface area contributed by atoms with Gasteiger partial charge in [0.1, 0.15) is 0 Å². The van der Waals surface area contributed by atoms with Crippen LogP contribution < -0.4 is 5.32 Å². The number of hydrogen-bond acceptors (Lipinski definition) is 4. The fourth-order valence-electron chi connectivity index (χ4n) is 1.77. The zero-order chi connectivity index (χ0) is 13.5. The lowest BCUT2D eigenvalue weighted by atomic mass is 10.2. The summed E-state index contributed by atoms with van der Waals surface area (Å²) in [6.07, 6.45) is 1.86. The zero-order valence-corrected chi connectivity index (χ0v) is 12.3. The van der Waals surface area contributed by atoms with E-state index < -0.39 is 0 Å². The second-order valence-electron chi connectivity index (χ2n) is 4.52. The van der Waals surface area contributed by atoms with Crippen LogP contribution in [0.2, 0.25) is 0 Å². The van der Waals surface area contributed by atoms with Crippen molar-refractivity contribution in [1.82, 2.24) is 4.98 Å². The summed E-state index contributed by atoms with van der Waals surface area (Å²) in [5.41, 5.74) is 3.61. The van der Waals surface area contributed by atoms with Gasteiger partial charge in [0.2, 0.25) is 0 Å². The average molecular weight is 276 g/mol. The number of nitrogens with one attached hydrogen (secondary N) is 1. The first-order valence-corrected chi connectivity index (χ1v) is 7.38.